The quantitative estimate of drug-likeness (QED) is 0.566. The van der Waals surface area contributed by atoms with Crippen molar-refractivity contribution in [1.82, 2.24) is 9.55 Å². The van der Waals surface area contributed by atoms with Gasteiger partial charge in [0, 0.05) is 22.7 Å². The van der Waals surface area contributed by atoms with E-state index in [1.165, 1.54) is 21.7 Å². The van der Waals surface area contributed by atoms with Crippen LogP contribution in [0.3, 0.4) is 0 Å². The first-order valence-corrected chi connectivity index (χ1v) is 11.8. The van der Waals surface area contributed by atoms with E-state index in [-0.39, 0.29) is 23.3 Å². The number of anilines is 2. The van der Waals surface area contributed by atoms with Crippen molar-refractivity contribution < 1.29 is 13.2 Å². The van der Waals surface area contributed by atoms with Crippen LogP contribution in [0, 0.1) is 11.3 Å². The first-order valence-electron chi connectivity index (χ1n) is 9.12. The van der Waals surface area contributed by atoms with Crippen LogP contribution in [0.5, 0.6) is 0 Å². The molecule has 10 heteroatoms. The number of carbonyl (C=O) groups is 1. The predicted octanol–water partition coefficient (Wildman–Crippen LogP) is 4.10. The normalized spacial score (nSPS) is 18.2. The molecule has 4 rings (SSSR count). The fourth-order valence-electron chi connectivity index (χ4n) is 3.79. The molecule has 31 heavy (non-hydrogen) atoms. The fraction of sp³-hybridized carbons (Fsp3) is 0.190. The van der Waals surface area contributed by atoms with Gasteiger partial charge in [0.15, 0.2) is 14.9 Å². The van der Waals surface area contributed by atoms with Crippen LogP contribution in [0.4, 0.5) is 11.6 Å². The lowest BCUT2D eigenvalue weighted by Crippen LogP contribution is -2.41. The van der Waals surface area contributed by atoms with Crippen LogP contribution in [0.25, 0.3) is 0 Å². The van der Waals surface area contributed by atoms with Crippen molar-refractivity contribution in [2.24, 2.45) is 0 Å². The molecule has 0 N–H and O–H groups in total. The zero-order valence-corrected chi connectivity index (χ0v) is 18.8. The summed E-state index contributed by atoms with van der Waals surface area (Å²) in [6.07, 6.45) is 2.50. The lowest BCUT2D eigenvalue weighted by atomic mass is 9.91. The molecule has 1 atom stereocenters. The lowest BCUT2D eigenvalue weighted by molar-refractivity contribution is -0.124. The number of sulfone groups is 1. The van der Waals surface area contributed by atoms with Crippen molar-refractivity contribution in [3.8, 4) is 6.07 Å². The Labute approximate surface area is 189 Å². The number of imidazole rings is 1. The summed E-state index contributed by atoms with van der Waals surface area (Å²) in [5, 5.41) is 9.62. The van der Waals surface area contributed by atoms with Crippen LogP contribution in [-0.4, -0.2) is 30.1 Å². The number of hydrogen-bond acceptors (Lipinski definition) is 5. The molecular formula is C21H16Cl2N4O3S. The summed E-state index contributed by atoms with van der Waals surface area (Å²) in [5.74, 6) is -0.205. The molecule has 0 spiro atoms. The zero-order valence-electron chi connectivity index (χ0n) is 16.5. The van der Waals surface area contributed by atoms with Crippen LogP contribution in [0.2, 0.25) is 10.0 Å². The number of amides is 1. The van der Waals surface area contributed by atoms with Gasteiger partial charge in [-0.3, -0.25) is 9.36 Å². The first-order chi connectivity index (χ1) is 14.5. The third-order valence-electron chi connectivity index (χ3n) is 5.18. The molecule has 1 unspecified atom stereocenters. The van der Waals surface area contributed by atoms with Gasteiger partial charge in [0.2, 0.25) is 5.95 Å². The molecule has 1 aromatic heterocycles. The second-order valence-corrected chi connectivity index (χ2v) is 10.4. The van der Waals surface area contributed by atoms with E-state index < -0.39 is 15.4 Å². The van der Waals surface area contributed by atoms with Gasteiger partial charge in [-0.2, -0.15) is 5.26 Å². The molecule has 0 radical (unpaired) electrons. The topological polar surface area (TPSA) is 96.1 Å². The molecule has 2 aromatic carbocycles. The number of aromatic nitrogens is 2. The van der Waals surface area contributed by atoms with E-state index in [4.69, 9.17) is 28.5 Å². The maximum Gasteiger partial charge on any atom is 0.260 e. The molecule has 7 nitrogen and oxygen atoms in total. The summed E-state index contributed by atoms with van der Waals surface area (Å²) in [7, 11) is -3.68. The number of hydrogen-bond donors (Lipinski definition) is 0. The number of benzene rings is 2. The minimum Gasteiger partial charge on any atom is -0.285 e. The third kappa shape index (κ3) is 3.59. The number of halogens is 2. The standard InChI is InChI=1S/C21H16Cl2N4O3S/c1-21(10-13-3-5-14(11-24)6-4-13)19(28)26(17-8-15(22)7-16(23)9-17)20-25-12-18(27(20)21)31(2,29)30/h3-9,12H,10H2,1-2H3. The van der Waals surface area contributed by atoms with E-state index in [0.717, 1.165) is 11.8 Å². The number of rotatable bonds is 4. The maximum absolute atomic E-state index is 13.7. The van der Waals surface area contributed by atoms with Crippen molar-refractivity contribution in [3.05, 3.63) is 69.8 Å². The Morgan fingerprint density at radius 3 is 2.29 bits per heavy atom. The second-order valence-electron chi connectivity index (χ2n) is 7.53. The van der Waals surface area contributed by atoms with E-state index >= 15 is 0 Å². The van der Waals surface area contributed by atoms with Crippen LogP contribution in [0.1, 0.15) is 18.1 Å². The number of carbonyl (C=O) groups excluding carboxylic acids is 1. The zero-order chi connectivity index (χ0) is 22.6. The van der Waals surface area contributed by atoms with Crippen molar-refractivity contribution in [2.45, 2.75) is 23.9 Å². The molecule has 0 aliphatic carbocycles. The molecule has 0 saturated heterocycles. The van der Waals surface area contributed by atoms with Crippen molar-refractivity contribution in [3.63, 3.8) is 0 Å². The summed E-state index contributed by atoms with van der Waals surface area (Å²) in [5.41, 5.74) is 0.354. The van der Waals surface area contributed by atoms with Gasteiger partial charge in [-0.1, -0.05) is 35.3 Å². The van der Waals surface area contributed by atoms with Crippen LogP contribution in [-0.2, 0) is 26.6 Å². The van der Waals surface area contributed by atoms with E-state index in [2.05, 4.69) is 11.1 Å². The van der Waals surface area contributed by atoms with Gasteiger partial charge >= 0.3 is 0 Å². The number of nitrogens with zero attached hydrogens (tertiary/aromatic N) is 4. The molecule has 1 aliphatic rings. The molecule has 1 amide bonds. The Kier molecular flexibility index (Phi) is 5.09. The molecule has 2 heterocycles. The lowest BCUT2D eigenvalue weighted by Gasteiger charge is -2.26. The van der Waals surface area contributed by atoms with Crippen molar-refractivity contribution >= 4 is 50.6 Å². The Morgan fingerprint density at radius 2 is 1.74 bits per heavy atom. The van der Waals surface area contributed by atoms with Crippen LogP contribution >= 0.6 is 23.2 Å². The highest BCUT2D eigenvalue weighted by Gasteiger charge is 2.51. The van der Waals surface area contributed by atoms with Gasteiger partial charge in [-0.25, -0.2) is 18.3 Å². The summed E-state index contributed by atoms with van der Waals surface area (Å²) >= 11 is 12.3. The average Bonchev–Trinajstić information content (AvgIpc) is 3.21. The van der Waals surface area contributed by atoms with Crippen LogP contribution < -0.4 is 4.90 Å². The summed E-state index contributed by atoms with van der Waals surface area (Å²) in [4.78, 5) is 19.3. The molecule has 0 bridgehead atoms. The highest BCUT2D eigenvalue weighted by molar-refractivity contribution is 7.90. The second kappa shape index (κ2) is 7.38. The van der Waals surface area contributed by atoms with Crippen LogP contribution in [0.15, 0.2) is 53.7 Å². The highest BCUT2D eigenvalue weighted by Crippen LogP contribution is 2.44. The number of nitriles is 1. The smallest absolute Gasteiger partial charge is 0.260 e. The Bertz CT molecular complexity index is 1340. The van der Waals surface area contributed by atoms with Crippen molar-refractivity contribution in [2.75, 3.05) is 11.2 Å². The van der Waals surface area contributed by atoms with Gasteiger partial charge in [0.05, 0.1) is 23.5 Å². The monoisotopic (exact) mass is 474 g/mol. The Morgan fingerprint density at radius 1 is 1.13 bits per heavy atom. The third-order valence-corrected chi connectivity index (χ3v) is 6.67. The first kappa shape index (κ1) is 21.4. The summed E-state index contributed by atoms with van der Waals surface area (Å²) in [6, 6.07) is 13.5. The summed E-state index contributed by atoms with van der Waals surface area (Å²) < 4.78 is 26.4. The van der Waals surface area contributed by atoms with Gasteiger partial charge in [0.1, 0.15) is 5.54 Å². The van der Waals surface area contributed by atoms with Gasteiger partial charge in [0.25, 0.3) is 5.91 Å². The molecule has 158 valence electrons. The van der Waals surface area contributed by atoms with Gasteiger partial charge in [-0.15, -0.1) is 0 Å². The van der Waals surface area contributed by atoms with E-state index in [9.17, 15) is 13.2 Å². The molecule has 3 aromatic rings. The molecule has 0 saturated carbocycles. The maximum atomic E-state index is 13.7. The van der Waals surface area contributed by atoms with Crippen molar-refractivity contribution in [1.29, 1.82) is 5.26 Å². The van der Waals surface area contributed by atoms with Gasteiger partial charge < -0.3 is 0 Å². The fourth-order valence-corrected chi connectivity index (χ4v) is 5.16. The average molecular weight is 475 g/mol. The SMILES string of the molecule is CC1(Cc2ccc(C#N)cc2)C(=O)N(c2cc(Cl)cc(Cl)c2)c2ncc(S(C)(=O)=O)n21. The number of fused-ring (bicyclic) bond motifs is 1. The van der Waals surface area contributed by atoms with E-state index in [0.29, 0.717) is 21.3 Å². The highest BCUT2D eigenvalue weighted by atomic mass is 35.5. The molecular weight excluding hydrogens is 459 g/mol. The Hall–Kier alpha value is -2.86. The minimum atomic E-state index is -3.68. The molecule has 1 aliphatic heterocycles. The predicted molar refractivity (Wildman–Crippen MR) is 117 cm³/mol. The minimum absolute atomic E-state index is 0.0670. The van der Waals surface area contributed by atoms with E-state index in [1.54, 1.807) is 43.3 Å². The Balaban J connectivity index is 1.91. The van der Waals surface area contributed by atoms with Gasteiger partial charge in [-0.05, 0) is 42.8 Å². The largest absolute Gasteiger partial charge is 0.285 e. The summed E-state index contributed by atoms with van der Waals surface area (Å²) in [6.45, 7) is 1.67. The van der Waals surface area contributed by atoms with E-state index in [1.807, 2.05) is 0 Å². The molecule has 0 fully saturated rings.